The van der Waals surface area contributed by atoms with Crippen molar-refractivity contribution in [2.45, 2.75) is 36.7 Å². The highest BCUT2D eigenvalue weighted by Crippen LogP contribution is 2.31. The SMILES string of the molecule is NS(=O)(=O)c1c(F)c(F)cc(C(=O)OC2CCCC2)c1Cl. The lowest BCUT2D eigenvalue weighted by Gasteiger charge is -2.14. The second-order valence-corrected chi connectivity index (χ2v) is 6.60. The largest absolute Gasteiger partial charge is 0.459 e. The topological polar surface area (TPSA) is 86.5 Å². The lowest BCUT2D eigenvalue weighted by Crippen LogP contribution is -2.20. The zero-order valence-corrected chi connectivity index (χ0v) is 12.3. The van der Waals surface area contributed by atoms with E-state index in [9.17, 15) is 22.0 Å². The summed E-state index contributed by atoms with van der Waals surface area (Å²) in [6.07, 6.45) is 2.78. The number of nitrogens with two attached hydrogens (primary N) is 1. The van der Waals surface area contributed by atoms with Crippen LogP contribution in [0.1, 0.15) is 36.0 Å². The second kappa shape index (κ2) is 5.86. The van der Waals surface area contributed by atoms with Gasteiger partial charge in [-0.05, 0) is 31.7 Å². The molecule has 5 nitrogen and oxygen atoms in total. The molecule has 116 valence electrons. The highest BCUT2D eigenvalue weighted by atomic mass is 35.5. The van der Waals surface area contributed by atoms with Crippen LogP contribution in [0.25, 0.3) is 0 Å². The fourth-order valence-electron chi connectivity index (χ4n) is 2.20. The molecule has 1 aromatic rings. The van der Waals surface area contributed by atoms with Crippen molar-refractivity contribution in [1.82, 2.24) is 0 Å². The predicted octanol–water partition coefficient (Wildman–Crippen LogP) is 2.37. The highest BCUT2D eigenvalue weighted by Gasteiger charge is 2.30. The Morgan fingerprint density at radius 2 is 1.90 bits per heavy atom. The molecule has 1 aliphatic rings. The molecule has 9 heteroatoms. The fraction of sp³-hybridized carbons (Fsp3) is 0.417. The third kappa shape index (κ3) is 3.33. The van der Waals surface area contributed by atoms with Crippen molar-refractivity contribution in [3.05, 3.63) is 28.3 Å². The third-order valence-electron chi connectivity index (χ3n) is 3.20. The molecule has 0 spiro atoms. The third-order valence-corrected chi connectivity index (χ3v) is 4.65. The molecule has 0 saturated heterocycles. The Morgan fingerprint density at radius 3 is 2.43 bits per heavy atom. The normalized spacial score (nSPS) is 16.2. The van der Waals surface area contributed by atoms with E-state index >= 15 is 0 Å². The Labute approximate surface area is 125 Å². The summed E-state index contributed by atoms with van der Waals surface area (Å²) in [5, 5.41) is 4.01. The molecule has 0 radical (unpaired) electrons. The Hall–Kier alpha value is -1.25. The molecular formula is C12H12ClF2NO4S. The minimum absolute atomic E-state index is 0.334. The van der Waals surface area contributed by atoms with Crippen LogP contribution in [-0.2, 0) is 14.8 Å². The summed E-state index contributed by atoms with van der Waals surface area (Å²) in [5.74, 6) is -4.27. The zero-order chi connectivity index (χ0) is 15.8. The van der Waals surface area contributed by atoms with E-state index in [1.54, 1.807) is 0 Å². The summed E-state index contributed by atoms with van der Waals surface area (Å²) in [4.78, 5) is 10.7. The van der Waals surface area contributed by atoms with Gasteiger partial charge in [0.2, 0.25) is 10.0 Å². The fourth-order valence-corrected chi connectivity index (χ4v) is 3.44. The van der Waals surface area contributed by atoms with E-state index in [0.717, 1.165) is 12.8 Å². The highest BCUT2D eigenvalue weighted by molar-refractivity contribution is 7.89. The van der Waals surface area contributed by atoms with E-state index in [1.165, 1.54) is 0 Å². The summed E-state index contributed by atoms with van der Waals surface area (Å²) in [6.45, 7) is 0. The molecule has 0 aromatic heterocycles. The Kier molecular flexibility index (Phi) is 4.50. The van der Waals surface area contributed by atoms with Crippen LogP contribution < -0.4 is 5.14 Å². The first-order valence-corrected chi connectivity index (χ1v) is 8.05. The number of hydrogen-bond acceptors (Lipinski definition) is 4. The molecule has 0 atom stereocenters. The van der Waals surface area contributed by atoms with Gasteiger partial charge in [0.05, 0.1) is 10.6 Å². The van der Waals surface area contributed by atoms with Crippen LogP contribution in [0.3, 0.4) is 0 Å². The molecule has 0 amide bonds. The van der Waals surface area contributed by atoms with Crippen LogP contribution in [-0.4, -0.2) is 20.5 Å². The average molecular weight is 340 g/mol. The lowest BCUT2D eigenvalue weighted by atomic mass is 10.2. The molecule has 1 aromatic carbocycles. The van der Waals surface area contributed by atoms with Gasteiger partial charge in [0.25, 0.3) is 0 Å². The van der Waals surface area contributed by atoms with Crippen LogP contribution in [0.4, 0.5) is 8.78 Å². The van der Waals surface area contributed by atoms with Crippen molar-refractivity contribution in [2.24, 2.45) is 5.14 Å². The standard InChI is InChI=1S/C12H12ClF2NO4S/c13-9-7(12(17)20-6-3-1-2-4-6)5-8(14)10(15)11(9)21(16,18)19/h5-6H,1-4H2,(H2,16,18,19). The molecule has 0 unspecified atom stereocenters. The van der Waals surface area contributed by atoms with Crippen molar-refractivity contribution in [1.29, 1.82) is 0 Å². The van der Waals surface area contributed by atoms with Gasteiger partial charge in [-0.15, -0.1) is 0 Å². The lowest BCUT2D eigenvalue weighted by molar-refractivity contribution is 0.0317. The van der Waals surface area contributed by atoms with E-state index in [4.69, 9.17) is 21.5 Å². The van der Waals surface area contributed by atoms with Crippen molar-refractivity contribution in [2.75, 3.05) is 0 Å². The molecule has 1 aliphatic carbocycles. The Morgan fingerprint density at radius 1 is 1.33 bits per heavy atom. The number of sulfonamides is 1. The summed E-state index contributed by atoms with van der Waals surface area (Å²) >= 11 is 5.68. The van der Waals surface area contributed by atoms with E-state index in [0.29, 0.717) is 18.9 Å². The minimum Gasteiger partial charge on any atom is -0.459 e. The zero-order valence-electron chi connectivity index (χ0n) is 10.7. The molecule has 1 fully saturated rings. The van der Waals surface area contributed by atoms with Crippen LogP contribution in [0.15, 0.2) is 11.0 Å². The van der Waals surface area contributed by atoms with Gasteiger partial charge in [-0.3, -0.25) is 0 Å². The van der Waals surface area contributed by atoms with Gasteiger partial charge in [-0.1, -0.05) is 11.6 Å². The summed E-state index contributed by atoms with van der Waals surface area (Å²) in [7, 11) is -4.62. The summed E-state index contributed by atoms with van der Waals surface area (Å²) in [6, 6.07) is 0.504. The number of hydrogen-bond donors (Lipinski definition) is 1. The summed E-state index contributed by atoms with van der Waals surface area (Å²) in [5.41, 5.74) is -0.563. The molecule has 0 aliphatic heterocycles. The molecule has 21 heavy (non-hydrogen) atoms. The number of primary sulfonamides is 1. The van der Waals surface area contributed by atoms with E-state index in [2.05, 4.69) is 0 Å². The van der Waals surface area contributed by atoms with Gasteiger partial charge in [0.1, 0.15) is 11.0 Å². The van der Waals surface area contributed by atoms with Gasteiger partial charge in [0, 0.05) is 0 Å². The monoisotopic (exact) mass is 339 g/mol. The van der Waals surface area contributed by atoms with Crippen LogP contribution in [0.5, 0.6) is 0 Å². The maximum atomic E-state index is 13.5. The smallest absolute Gasteiger partial charge is 0.340 e. The first kappa shape index (κ1) is 16.1. The second-order valence-electron chi connectivity index (χ2n) is 4.72. The summed E-state index contributed by atoms with van der Waals surface area (Å²) < 4.78 is 54.7. The van der Waals surface area contributed by atoms with Gasteiger partial charge in [-0.25, -0.2) is 27.1 Å². The first-order valence-electron chi connectivity index (χ1n) is 6.13. The Balaban J connectivity index is 2.44. The van der Waals surface area contributed by atoms with E-state index < -0.39 is 43.1 Å². The van der Waals surface area contributed by atoms with Gasteiger partial charge in [-0.2, -0.15) is 0 Å². The number of carbonyl (C=O) groups excluding carboxylic acids is 1. The first-order chi connectivity index (χ1) is 9.71. The molecule has 1 saturated carbocycles. The molecule has 0 bridgehead atoms. The number of esters is 1. The Bertz CT molecular complexity index is 687. The molecule has 2 rings (SSSR count). The molecular weight excluding hydrogens is 328 g/mol. The van der Waals surface area contributed by atoms with Crippen LogP contribution >= 0.6 is 11.6 Å². The van der Waals surface area contributed by atoms with Crippen LogP contribution in [0, 0.1) is 11.6 Å². The average Bonchev–Trinajstić information content (AvgIpc) is 2.85. The van der Waals surface area contributed by atoms with Crippen molar-refractivity contribution in [3.63, 3.8) is 0 Å². The predicted molar refractivity (Wildman–Crippen MR) is 70.4 cm³/mol. The van der Waals surface area contributed by atoms with Crippen LogP contribution in [0.2, 0.25) is 5.02 Å². The van der Waals surface area contributed by atoms with Crippen molar-refractivity contribution < 1.29 is 26.7 Å². The number of rotatable bonds is 3. The maximum Gasteiger partial charge on any atom is 0.340 e. The number of ether oxygens (including phenoxy) is 1. The van der Waals surface area contributed by atoms with Crippen molar-refractivity contribution >= 4 is 27.6 Å². The minimum atomic E-state index is -4.62. The van der Waals surface area contributed by atoms with E-state index in [1.807, 2.05) is 0 Å². The number of benzene rings is 1. The maximum absolute atomic E-state index is 13.5. The van der Waals surface area contributed by atoms with Gasteiger partial charge < -0.3 is 4.74 Å². The quantitative estimate of drug-likeness (QED) is 0.676. The molecule has 0 heterocycles. The van der Waals surface area contributed by atoms with Gasteiger partial charge >= 0.3 is 5.97 Å². The number of carbonyl (C=O) groups is 1. The van der Waals surface area contributed by atoms with Gasteiger partial charge in [0.15, 0.2) is 11.6 Å². The molecule has 2 N–H and O–H groups in total. The van der Waals surface area contributed by atoms with E-state index in [-0.39, 0.29) is 6.10 Å². The van der Waals surface area contributed by atoms with Crippen molar-refractivity contribution in [3.8, 4) is 0 Å². The number of halogens is 3.